The second kappa shape index (κ2) is 5.71. The van der Waals surface area contributed by atoms with Gasteiger partial charge in [-0.1, -0.05) is 6.92 Å². The summed E-state index contributed by atoms with van der Waals surface area (Å²) in [6.07, 6.45) is 1.96. The van der Waals surface area contributed by atoms with Crippen molar-refractivity contribution in [1.82, 2.24) is 10.3 Å². The van der Waals surface area contributed by atoms with E-state index >= 15 is 0 Å². The molecule has 0 aliphatic heterocycles. The van der Waals surface area contributed by atoms with Crippen LogP contribution in [0, 0.1) is 0 Å². The normalized spacial score (nSPS) is 12.9. The Hall–Kier alpha value is -1.78. The van der Waals surface area contributed by atoms with E-state index in [-0.39, 0.29) is 6.04 Å². The van der Waals surface area contributed by atoms with Crippen LogP contribution in [-0.2, 0) is 4.74 Å². The van der Waals surface area contributed by atoms with Crippen LogP contribution in [0.4, 0.5) is 10.6 Å². The van der Waals surface area contributed by atoms with Crippen molar-refractivity contribution in [3.63, 3.8) is 0 Å². The molecule has 5 nitrogen and oxygen atoms in total. The van der Waals surface area contributed by atoms with Gasteiger partial charge in [-0.15, -0.1) is 0 Å². The first kappa shape index (κ1) is 14.3. The number of nitrogens with one attached hydrogen (secondary N) is 1. The van der Waals surface area contributed by atoms with E-state index in [1.165, 1.54) is 0 Å². The SMILES string of the molecule is CCC(NC(=O)OC(C)(C)C)c1ccnc(N)c1. The molecule has 1 heterocycles. The van der Waals surface area contributed by atoms with E-state index in [0.717, 1.165) is 12.0 Å². The standard InChI is InChI=1S/C13H21N3O2/c1-5-10(9-6-7-15-11(14)8-9)16-12(17)18-13(2,3)4/h6-8,10H,5H2,1-4H3,(H2,14,15)(H,16,17). The number of nitrogen functional groups attached to an aromatic ring is 1. The van der Waals surface area contributed by atoms with Gasteiger partial charge in [0.2, 0.25) is 0 Å². The quantitative estimate of drug-likeness (QED) is 0.865. The zero-order valence-corrected chi connectivity index (χ0v) is 11.4. The highest BCUT2D eigenvalue weighted by Crippen LogP contribution is 2.18. The summed E-state index contributed by atoms with van der Waals surface area (Å²) in [5, 5.41) is 2.82. The van der Waals surface area contributed by atoms with Crippen LogP contribution in [0.25, 0.3) is 0 Å². The number of carbonyl (C=O) groups is 1. The van der Waals surface area contributed by atoms with Gasteiger partial charge in [-0.3, -0.25) is 0 Å². The Morgan fingerprint density at radius 3 is 2.72 bits per heavy atom. The molecule has 1 rings (SSSR count). The minimum Gasteiger partial charge on any atom is -0.444 e. The maximum atomic E-state index is 11.7. The molecular formula is C13H21N3O2. The molecule has 1 atom stereocenters. The van der Waals surface area contributed by atoms with Crippen molar-refractivity contribution in [3.8, 4) is 0 Å². The second-order valence-electron chi connectivity index (χ2n) is 5.12. The fourth-order valence-corrected chi connectivity index (χ4v) is 1.55. The van der Waals surface area contributed by atoms with Crippen molar-refractivity contribution >= 4 is 11.9 Å². The third-order valence-electron chi connectivity index (χ3n) is 2.31. The molecule has 1 aromatic rings. The molecule has 0 aromatic carbocycles. The van der Waals surface area contributed by atoms with E-state index in [1.54, 1.807) is 12.3 Å². The van der Waals surface area contributed by atoms with Gasteiger partial charge in [0.15, 0.2) is 0 Å². The molecule has 0 aliphatic carbocycles. The monoisotopic (exact) mass is 251 g/mol. The number of ether oxygens (including phenoxy) is 1. The van der Waals surface area contributed by atoms with E-state index in [9.17, 15) is 4.79 Å². The fraction of sp³-hybridized carbons (Fsp3) is 0.538. The first-order valence-electron chi connectivity index (χ1n) is 6.02. The van der Waals surface area contributed by atoms with E-state index in [1.807, 2.05) is 33.8 Å². The highest BCUT2D eigenvalue weighted by atomic mass is 16.6. The summed E-state index contributed by atoms with van der Waals surface area (Å²) in [5.74, 6) is 0.442. The zero-order valence-electron chi connectivity index (χ0n) is 11.4. The van der Waals surface area contributed by atoms with Crippen LogP contribution >= 0.6 is 0 Å². The van der Waals surface area contributed by atoms with Crippen LogP contribution in [0.2, 0.25) is 0 Å². The number of aromatic nitrogens is 1. The smallest absolute Gasteiger partial charge is 0.408 e. The summed E-state index contributed by atoms with van der Waals surface area (Å²) in [6.45, 7) is 7.48. The maximum Gasteiger partial charge on any atom is 0.408 e. The van der Waals surface area contributed by atoms with Crippen molar-refractivity contribution in [2.45, 2.75) is 45.8 Å². The molecule has 0 bridgehead atoms. The van der Waals surface area contributed by atoms with Crippen LogP contribution in [0.1, 0.15) is 45.7 Å². The number of amides is 1. The van der Waals surface area contributed by atoms with Gasteiger partial charge in [-0.2, -0.15) is 0 Å². The molecule has 1 amide bonds. The second-order valence-corrected chi connectivity index (χ2v) is 5.12. The lowest BCUT2D eigenvalue weighted by Crippen LogP contribution is -2.34. The Labute approximate surface area is 108 Å². The molecule has 0 saturated heterocycles. The zero-order chi connectivity index (χ0) is 13.8. The van der Waals surface area contributed by atoms with Gasteiger partial charge in [-0.25, -0.2) is 9.78 Å². The number of pyridine rings is 1. The summed E-state index contributed by atoms with van der Waals surface area (Å²) in [6, 6.07) is 3.47. The summed E-state index contributed by atoms with van der Waals surface area (Å²) in [4.78, 5) is 15.6. The lowest BCUT2D eigenvalue weighted by atomic mass is 10.1. The predicted octanol–water partition coefficient (Wildman–Crippen LogP) is 2.64. The molecule has 3 N–H and O–H groups in total. The average molecular weight is 251 g/mol. The molecule has 5 heteroatoms. The van der Waals surface area contributed by atoms with Gasteiger partial charge in [0.25, 0.3) is 0 Å². The predicted molar refractivity (Wildman–Crippen MR) is 71.1 cm³/mol. The molecule has 1 aromatic heterocycles. The third kappa shape index (κ3) is 4.61. The lowest BCUT2D eigenvalue weighted by Gasteiger charge is -2.23. The minimum atomic E-state index is -0.500. The number of alkyl carbamates (subject to hydrolysis) is 1. The maximum absolute atomic E-state index is 11.7. The molecule has 100 valence electrons. The Morgan fingerprint density at radius 1 is 1.56 bits per heavy atom. The van der Waals surface area contributed by atoms with Crippen molar-refractivity contribution in [1.29, 1.82) is 0 Å². The third-order valence-corrected chi connectivity index (χ3v) is 2.31. The Kier molecular flexibility index (Phi) is 4.53. The number of hydrogen-bond acceptors (Lipinski definition) is 4. The van der Waals surface area contributed by atoms with Gasteiger partial charge < -0.3 is 15.8 Å². The fourth-order valence-electron chi connectivity index (χ4n) is 1.55. The first-order valence-corrected chi connectivity index (χ1v) is 6.02. The summed E-state index contributed by atoms with van der Waals surface area (Å²) < 4.78 is 5.22. The number of carbonyl (C=O) groups excluding carboxylic acids is 1. The van der Waals surface area contributed by atoms with Crippen LogP contribution in [0.3, 0.4) is 0 Å². The summed E-state index contributed by atoms with van der Waals surface area (Å²) in [7, 11) is 0. The van der Waals surface area contributed by atoms with Gasteiger partial charge in [0.05, 0.1) is 6.04 Å². The Morgan fingerprint density at radius 2 is 2.22 bits per heavy atom. The topological polar surface area (TPSA) is 77.2 Å². The molecule has 18 heavy (non-hydrogen) atoms. The van der Waals surface area contributed by atoms with Crippen molar-refractivity contribution in [2.75, 3.05) is 5.73 Å². The lowest BCUT2D eigenvalue weighted by molar-refractivity contribution is 0.0502. The summed E-state index contributed by atoms with van der Waals surface area (Å²) >= 11 is 0. The van der Waals surface area contributed by atoms with E-state index in [2.05, 4.69) is 10.3 Å². The van der Waals surface area contributed by atoms with Crippen LogP contribution < -0.4 is 11.1 Å². The number of nitrogens with two attached hydrogens (primary N) is 1. The van der Waals surface area contributed by atoms with Crippen molar-refractivity contribution < 1.29 is 9.53 Å². The van der Waals surface area contributed by atoms with Gasteiger partial charge in [0, 0.05) is 6.20 Å². The number of anilines is 1. The Bertz CT molecular complexity index is 413. The summed E-state index contributed by atoms with van der Waals surface area (Å²) in [5.41, 5.74) is 6.05. The minimum absolute atomic E-state index is 0.120. The largest absolute Gasteiger partial charge is 0.444 e. The van der Waals surface area contributed by atoms with Gasteiger partial charge >= 0.3 is 6.09 Å². The highest BCUT2D eigenvalue weighted by molar-refractivity contribution is 5.68. The van der Waals surface area contributed by atoms with E-state index in [4.69, 9.17) is 10.5 Å². The highest BCUT2D eigenvalue weighted by Gasteiger charge is 2.19. The van der Waals surface area contributed by atoms with E-state index < -0.39 is 11.7 Å². The number of hydrogen-bond donors (Lipinski definition) is 2. The molecule has 1 unspecified atom stereocenters. The average Bonchev–Trinajstić information content (AvgIpc) is 2.23. The molecule has 0 fully saturated rings. The number of nitrogens with zero attached hydrogens (tertiary/aromatic N) is 1. The van der Waals surface area contributed by atoms with Crippen LogP contribution in [-0.4, -0.2) is 16.7 Å². The molecule has 0 spiro atoms. The van der Waals surface area contributed by atoms with Crippen LogP contribution in [0.15, 0.2) is 18.3 Å². The van der Waals surface area contributed by atoms with Gasteiger partial charge in [0.1, 0.15) is 11.4 Å². The molecule has 0 radical (unpaired) electrons. The number of rotatable bonds is 3. The van der Waals surface area contributed by atoms with Crippen molar-refractivity contribution in [2.24, 2.45) is 0 Å². The molecule has 0 aliphatic rings. The molecule has 0 saturated carbocycles. The Balaban J connectivity index is 2.71. The van der Waals surface area contributed by atoms with Gasteiger partial charge in [-0.05, 0) is 44.9 Å². The van der Waals surface area contributed by atoms with E-state index in [0.29, 0.717) is 5.82 Å². The molecular weight excluding hydrogens is 230 g/mol. The van der Waals surface area contributed by atoms with Crippen LogP contribution in [0.5, 0.6) is 0 Å². The first-order chi connectivity index (χ1) is 8.31. The van der Waals surface area contributed by atoms with Crippen molar-refractivity contribution in [3.05, 3.63) is 23.9 Å².